The summed E-state index contributed by atoms with van der Waals surface area (Å²) in [4.78, 5) is 21.1. The largest absolute Gasteiger partial charge is 0.480 e. The van der Waals surface area contributed by atoms with E-state index in [1.807, 2.05) is 0 Å². The number of rotatable bonds is 9. The van der Waals surface area contributed by atoms with Crippen LogP contribution in [0.1, 0.15) is 19.3 Å². The van der Waals surface area contributed by atoms with Gasteiger partial charge in [-0.25, -0.2) is 17.5 Å². The van der Waals surface area contributed by atoms with Gasteiger partial charge in [-0.15, -0.1) is 0 Å². The second kappa shape index (κ2) is 8.60. The van der Waals surface area contributed by atoms with Crippen LogP contribution in [0.15, 0.2) is 0 Å². The zero-order valence-electron chi connectivity index (χ0n) is 12.0. The van der Waals surface area contributed by atoms with Crippen molar-refractivity contribution in [2.24, 2.45) is 5.92 Å². The number of carboxylic acids is 1. The smallest absolute Gasteiger partial charge is 0.326 e. The Hall–Kier alpha value is -0.800. The fraction of sp³-hybridized carbons (Fsp3) is 0.833. The second-order valence-electron chi connectivity index (χ2n) is 5.17. The van der Waals surface area contributed by atoms with Crippen LogP contribution in [0.3, 0.4) is 0 Å². The highest BCUT2D eigenvalue weighted by atomic mass is 32.2. The molecule has 1 heterocycles. The highest BCUT2D eigenvalue weighted by Gasteiger charge is 2.25. The summed E-state index contributed by atoms with van der Waals surface area (Å²) in [6, 6.07) is -0.853. The molecule has 2 unspecified atom stereocenters. The lowest BCUT2D eigenvalue weighted by Gasteiger charge is -2.30. The maximum Gasteiger partial charge on any atom is 0.326 e. The number of carbonyl (C=O) groups is 2. The van der Waals surface area contributed by atoms with Gasteiger partial charge < -0.3 is 10.4 Å². The Labute approximate surface area is 129 Å². The molecule has 1 amide bonds. The fourth-order valence-electron chi connectivity index (χ4n) is 2.28. The van der Waals surface area contributed by atoms with Gasteiger partial charge in [0.1, 0.15) is 6.04 Å². The van der Waals surface area contributed by atoms with Crippen molar-refractivity contribution in [3.8, 4) is 0 Å². The number of carboxylic acid groups (broad SMARTS) is 1. The molecule has 1 rings (SSSR count). The summed E-state index contributed by atoms with van der Waals surface area (Å²) in [6.07, 6.45) is 3.84. The van der Waals surface area contributed by atoms with Gasteiger partial charge >= 0.3 is 5.97 Å². The van der Waals surface area contributed by atoms with Crippen molar-refractivity contribution in [1.82, 2.24) is 9.62 Å². The molecule has 0 radical (unpaired) electrons. The molecule has 0 saturated carbocycles. The minimum absolute atomic E-state index is 0.306. The predicted octanol–water partition coefficient (Wildman–Crippen LogP) is -0.0195. The normalized spacial score (nSPS) is 21.7. The lowest BCUT2D eigenvalue weighted by atomic mass is 10.0. The minimum Gasteiger partial charge on any atom is -0.480 e. The summed E-state index contributed by atoms with van der Waals surface area (Å²) in [6.45, 7) is 1.13. The van der Waals surface area contributed by atoms with Gasteiger partial charge in [0, 0.05) is 13.1 Å². The Morgan fingerprint density at radius 1 is 1.57 bits per heavy atom. The summed E-state index contributed by atoms with van der Waals surface area (Å²) < 4.78 is 24.5. The van der Waals surface area contributed by atoms with Crippen molar-refractivity contribution >= 4 is 34.2 Å². The summed E-state index contributed by atoms with van der Waals surface area (Å²) in [5.74, 6) is 0.691. The van der Waals surface area contributed by atoms with Crippen LogP contribution in [-0.2, 0) is 19.6 Å². The van der Waals surface area contributed by atoms with Crippen molar-refractivity contribution in [3.63, 3.8) is 0 Å². The SMILES string of the molecule is CS(=O)(=O)N1CCCC(CSCCC(NC=O)C(=O)O)C1. The zero-order chi connectivity index (χ0) is 15.9. The topological polar surface area (TPSA) is 104 Å². The Kier molecular flexibility index (Phi) is 7.47. The number of aliphatic carboxylic acids is 1. The predicted molar refractivity (Wildman–Crippen MR) is 81.7 cm³/mol. The van der Waals surface area contributed by atoms with Crippen LogP contribution >= 0.6 is 11.8 Å². The molecule has 2 atom stereocenters. The van der Waals surface area contributed by atoms with Gasteiger partial charge in [-0.05, 0) is 36.7 Å². The molecule has 9 heteroatoms. The Balaban J connectivity index is 2.29. The molecule has 0 bridgehead atoms. The van der Waals surface area contributed by atoms with E-state index < -0.39 is 22.0 Å². The molecular weight excluding hydrogens is 316 g/mol. The first-order valence-electron chi connectivity index (χ1n) is 6.80. The maximum absolute atomic E-state index is 11.5. The lowest BCUT2D eigenvalue weighted by Crippen LogP contribution is -2.40. The average molecular weight is 338 g/mol. The van der Waals surface area contributed by atoms with E-state index in [0.717, 1.165) is 18.6 Å². The van der Waals surface area contributed by atoms with E-state index >= 15 is 0 Å². The molecule has 21 heavy (non-hydrogen) atoms. The highest BCUT2D eigenvalue weighted by molar-refractivity contribution is 7.99. The van der Waals surface area contributed by atoms with Crippen LogP contribution in [-0.4, -0.2) is 67.1 Å². The number of thioether (sulfide) groups is 1. The van der Waals surface area contributed by atoms with E-state index in [9.17, 15) is 18.0 Å². The quantitative estimate of drug-likeness (QED) is 0.452. The van der Waals surface area contributed by atoms with Crippen molar-refractivity contribution in [2.45, 2.75) is 25.3 Å². The molecule has 1 fully saturated rings. The molecule has 0 spiro atoms. The van der Waals surface area contributed by atoms with Gasteiger partial charge in [0.2, 0.25) is 16.4 Å². The monoisotopic (exact) mass is 338 g/mol. The van der Waals surface area contributed by atoms with Gasteiger partial charge in [-0.2, -0.15) is 11.8 Å². The van der Waals surface area contributed by atoms with Crippen molar-refractivity contribution < 1.29 is 23.1 Å². The van der Waals surface area contributed by atoms with Crippen LogP contribution in [0.2, 0.25) is 0 Å². The number of nitrogens with one attached hydrogen (secondary N) is 1. The third kappa shape index (κ3) is 6.66. The summed E-state index contributed by atoms with van der Waals surface area (Å²) in [7, 11) is -3.12. The molecule has 0 aromatic heterocycles. The summed E-state index contributed by atoms with van der Waals surface area (Å²) >= 11 is 1.60. The first-order valence-corrected chi connectivity index (χ1v) is 9.80. The summed E-state index contributed by atoms with van der Waals surface area (Å²) in [5.41, 5.74) is 0. The molecule has 0 aliphatic carbocycles. The highest BCUT2D eigenvalue weighted by Crippen LogP contribution is 2.22. The van der Waals surface area contributed by atoms with Gasteiger partial charge in [-0.3, -0.25) is 4.79 Å². The fourth-order valence-corrected chi connectivity index (χ4v) is 4.39. The lowest BCUT2D eigenvalue weighted by molar-refractivity contribution is -0.140. The average Bonchev–Trinajstić information content (AvgIpc) is 2.41. The Morgan fingerprint density at radius 3 is 2.86 bits per heavy atom. The first-order chi connectivity index (χ1) is 9.84. The number of carbonyl (C=O) groups excluding carboxylic acids is 1. The number of hydrogen-bond acceptors (Lipinski definition) is 5. The molecule has 7 nitrogen and oxygen atoms in total. The van der Waals surface area contributed by atoms with Crippen LogP contribution in [0.5, 0.6) is 0 Å². The van der Waals surface area contributed by atoms with Crippen molar-refractivity contribution in [1.29, 1.82) is 0 Å². The molecule has 1 aliphatic rings. The number of hydrogen-bond donors (Lipinski definition) is 2. The third-order valence-electron chi connectivity index (χ3n) is 3.42. The minimum atomic E-state index is -3.12. The Bertz CT molecular complexity index is 455. The maximum atomic E-state index is 11.5. The second-order valence-corrected chi connectivity index (χ2v) is 8.30. The van der Waals surface area contributed by atoms with E-state index in [-0.39, 0.29) is 0 Å². The van der Waals surface area contributed by atoms with Crippen LogP contribution in [0.25, 0.3) is 0 Å². The van der Waals surface area contributed by atoms with Gasteiger partial charge in [0.25, 0.3) is 0 Å². The molecule has 0 aromatic carbocycles. The summed E-state index contributed by atoms with van der Waals surface area (Å²) in [5, 5.41) is 11.1. The first kappa shape index (κ1) is 18.2. The number of piperidine rings is 1. The van der Waals surface area contributed by atoms with Crippen molar-refractivity contribution in [3.05, 3.63) is 0 Å². The standard InChI is InChI=1S/C12H22N2O5S2/c1-21(18,19)14-5-2-3-10(7-14)8-20-6-4-11(12(16)17)13-9-15/h9-11H,2-8H2,1H3,(H,13,15)(H,16,17). The molecule has 2 N–H and O–H groups in total. The van der Waals surface area contributed by atoms with E-state index in [0.29, 0.717) is 37.6 Å². The molecule has 1 aliphatic heterocycles. The number of sulfonamides is 1. The molecule has 1 saturated heterocycles. The Morgan fingerprint density at radius 2 is 2.29 bits per heavy atom. The molecule has 122 valence electrons. The van der Waals surface area contributed by atoms with Gasteiger partial charge in [0.15, 0.2) is 0 Å². The van der Waals surface area contributed by atoms with Crippen LogP contribution in [0.4, 0.5) is 0 Å². The zero-order valence-corrected chi connectivity index (χ0v) is 13.7. The van der Waals surface area contributed by atoms with Crippen LogP contribution < -0.4 is 5.32 Å². The number of nitrogens with zero attached hydrogens (tertiary/aromatic N) is 1. The number of amides is 1. The van der Waals surface area contributed by atoms with Crippen molar-refractivity contribution in [2.75, 3.05) is 30.9 Å². The van der Waals surface area contributed by atoms with E-state index in [4.69, 9.17) is 5.11 Å². The molecular formula is C12H22N2O5S2. The molecule has 0 aromatic rings. The third-order valence-corrected chi connectivity index (χ3v) is 5.92. The van der Waals surface area contributed by atoms with E-state index in [1.165, 1.54) is 10.6 Å². The van der Waals surface area contributed by atoms with E-state index in [1.54, 1.807) is 11.8 Å². The van der Waals surface area contributed by atoms with Crippen LogP contribution in [0, 0.1) is 5.92 Å². The van der Waals surface area contributed by atoms with Gasteiger partial charge in [0.05, 0.1) is 6.26 Å². The van der Waals surface area contributed by atoms with E-state index in [2.05, 4.69) is 5.32 Å². The van der Waals surface area contributed by atoms with Gasteiger partial charge in [-0.1, -0.05) is 0 Å².